The maximum atomic E-state index is 12.3. The second-order valence-corrected chi connectivity index (χ2v) is 7.46. The van der Waals surface area contributed by atoms with Crippen LogP contribution in [0.25, 0.3) is 0 Å². The Morgan fingerprint density at radius 3 is 2.55 bits per heavy atom. The summed E-state index contributed by atoms with van der Waals surface area (Å²) in [6, 6.07) is -0.00305. The zero-order valence-corrected chi connectivity index (χ0v) is 13.8. The van der Waals surface area contributed by atoms with Crippen molar-refractivity contribution in [2.45, 2.75) is 57.7 Å². The second-order valence-electron chi connectivity index (χ2n) is 5.52. The lowest BCUT2D eigenvalue weighted by Crippen LogP contribution is -2.52. The fraction of sp³-hybridized carbons (Fsp3) is 0.800. The number of likely N-dealkylation sites (N-methyl/N-ethyl adjacent to an activating group) is 1. The van der Waals surface area contributed by atoms with E-state index in [1.54, 1.807) is 4.90 Å². The number of hydrogen-bond acceptors (Lipinski definition) is 2. The summed E-state index contributed by atoms with van der Waals surface area (Å²) in [6.45, 7) is 10.9. The van der Waals surface area contributed by atoms with Gasteiger partial charge in [0, 0.05) is 35.7 Å². The molecule has 0 radical (unpaired) electrons. The van der Waals surface area contributed by atoms with Crippen LogP contribution in [-0.4, -0.2) is 45.3 Å². The van der Waals surface area contributed by atoms with Crippen molar-refractivity contribution in [2.75, 3.05) is 18.8 Å². The van der Waals surface area contributed by atoms with Crippen LogP contribution in [0, 0.1) is 0 Å². The van der Waals surface area contributed by atoms with Gasteiger partial charge in [-0.15, -0.1) is 0 Å². The summed E-state index contributed by atoms with van der Waals surface area (Å²) in [5.74, 6) is 0.667. The van der Waals surface area contributed by atoms with Crippen molar-refractivity contribution in [3.05, 3.63) is 12.2 Å². The summed E-state index contributed by atoms with van der Waals surface area (Å²) in [7, 11) is -0.837. The van der Waals surface area contributed by atoms with Crippen molar-refractivity contribution >= 4 is 16.8 Å². The van der Waals surface area contributed by atoms with Gasteiger partial charge in [0.25, 0.3) is 0 Å². The van der Waals surface area contributed by atoms with Crippen LogP contribution in [0.2, 0.25) is 0 Å². The van der Waals surface area contributed by atoms with E-state index in [9.17, 15) is 9.00 Å². The number of carbonyl (C=O) groups excluding carboxylic acids is 1. The van der Waals surface area contributed by atoms with Crippen molar-refractivity contribution in [3.63, 3.8) is 0 Å². The Morgan fingerprint density at radius 2 is 2.00 bits per heavy atom. The van der Waals surface area contributed by atoms with Gasteiger partial charge >= 0.3 is 6.03 Å². The number of urea groups is 1. The molecule has 0 aromatic rings. The fourth-order valence-electron chi connectivity index (χ4n) is 2.69. The number of nitrogens with one attached hydrogen (secondary N) is 1. The molecule has 4 nitrogen and oxygen atoms in total. The Balaban J connectivity index is 2.65. The third-order valence-electron chi connectivity index (χ3n) is 3.76. The van der Waals surface area contributed by atoms with E-state index in [1.165, 1.54) is 0 Å². The van der Waals surface area contributed by atoms with Gasteiger partial charge in [-0.1, -0.05) is 31.9 Å². The average molecular weight is 300 g/mol. The molecular formula is C15H28N2O2S. The van der Waals surface area contributed by atoms with Gasteiger partial charge in [-0.2, -0.15) is 0 Å². The molecule has 3 atom stereocenters. The first-order chi connectivity index (χ1) is 9.49. The number of amides is 2. The first-order valence-corrected chi connectivity index (χ1v) is 8.94. The largest absolute Gasteiger partial charge is 0.334 e. The van der Waals surface area contributed by atoms with Gasteiger partial charge < -0.3 is 10.2 Å². The van der Waals surface area contributed by atoms with E-state index >= 15 is 0 Å². The fourth-order valence-corrected chi connectivity index (χ4v) is 4.12. The SMILES string of the molecule is C=C(C)CN(CC)C(=O)N[C@@H]1CCCC[C@H]1[S@@](=O)CC. The maximum absolute atomic E-state index is 12.3. The van der Waals surface area contributed by atoms with Gasteiger partial charge in [-0.25, -0.2) is 4.79 Å². The quantitative estimate of drug-likeness (QED) is 0.767. The van der Waals surface area contributed by atoms with E-state index in [0.29, 0.717) is 18.8 Å². The van der Waals surface area contributed by atoms with Gasteiger partial charge in [-0.05, 0) is 26.7 Å². The highest BCUT2D eigenvalue weighted by molar-refractivity contribution is 7.85. The number of rotatable bonds is 6. The molecule has 0 saturated heterocycles. The molecule has 0 aromatic heterocycles. The molecule has 0 unspecified atom stereocenters. The Hall–Kier alpha value is -0.840. The molecule has 116 valence electrons. The minimum Gasteiger partial charge on any atom is -0.334 e. The Bertz CT molecular complexity index is 371. The van der Waals surface area contributed by atoms with Crippen LogP contribution in [0.5, 0.6) is 0 Å². The van der Waals surface area contributed by atoms with E-state index in [1.807, 2.05) is 20.8 Å². The van der Waals surface area contributed by atoms with E-state index in [2.05, 4.69) is 11.9 Å². The van der Waals surface area contributed by atoms with Crippen LogP contribution in [0.15, 0.2) is 12.2 Å². The smallest absolute Gasteiger partial charge is 0.317 e. The van der Waals surface area contributed by atoms with Crippen molar-refractivity contribution in [1.29, 1.82) is 0 Å². The average Bonchev–Trinajstić information content (AvgIpc) is 2.44. The normalized spacial score (nSPS) is 23.9. The molecule has 2 amide bonds. The Morgan fingerprint density at radius 1 is 1.35 bits per heavy atom. The molecule has 20 heavy (non-hydrogen) atoms. The molecule has 0 heterocycles. The predicted octanol–water partition coefficient (Wildman–Crippen LogP) is 2.67. The summed E-state index contributed by atoms with van der Waals surface area (Å²) in [5.41, 5.74) is 0.972. The Kier molecular flexibility index (Phi) is 7.27. The summed E-state index contributed by atoms with van der Waals surface area (Å²) in [6.07, 6.45) is 4.12. The summed E-state index contributed by atoms with van der Waals surface area (Å²) in [5, 5.41) is 3.21. The van der Waals surface area contributed by atoms with Gasteiger partial charge in [0.1, 0.15) is 0 Å². The minimum atomic E-state index is -0.837. The molecular weight excluding hydrogens is 272 g/mol. The highest BCUT2D eigenvalue weighted by Crippen LogP contribution is 2.23. The van der Waals surface area contributed by atoms with Crippen LogP contribution in [-0.2, 0) is 10.8 Å². The number of hydrogen-bond donors (Lipinski definition) is 1. The molecule has 0 aliphatic heterocycles. The number of nitrogens with zero attached hydrogens (tertiary/aromatic N) is 1. The lowest BCUT2D eigenvalue weighted by Gasteiger charge is -2.33. The standard InChI is InChI=1S/C15H28N2O2S/c1-5-17(11-12(3)4)15(18)16-13-9-7-8-10-14(13)20(19)6-2/h13-14H,3,5-11H2,1-2,4H3,(H,16,18)/t13-,14-,20+/m1/s1. The zero-order valence-electron chi connectivity index (χ0n) is 13.0. The first-order valence-electron chi connectivity index (χ1n) is 7.56. The summed E-state index contributed by atoms with van der Waals surface area (Å²) < 4.78 is 12.1. The summed E-state index contributed by atoms with van der Waals surface area (Å²) >= 11 is 0. The van der Waals surface area contributed by atoms with Crippen molar-refractivity contribution in [2.24, 2.45) is 0 Å². The van der Waals surface area contributed by atoms with Crippen LogP contribution >= 0.6 is 0 Å². The first kappa shape index (κ1) is 17.2. The van der Waals surface area contributed by atoms with E-state index in [-0.39, 0.29) is 17.3 Å². The van der Waals surface area contributed by atoms with E-state index in [4.69, 9.17) is 0 Å². The minimum absolute atomic E-state index is 0.0520. The Labute approximate surface area is 125 Å². The molecule has 0 aromatic carbocycles. The molecule has 0 bridgehead atoms. The van der Waals surface area contributed by atoms with Crippen LogP contribution < -0.4 is 5.32 Å². The molecule has 1 rings (SSSR count). The molecule has 0 spiro atoms. The van der Waals surface area contributed by atoms with E-state index in [0.717, 1.165) is 31.3 Å². The number of carbonyl (C=O) groups is 1. The van der Waals surface area contributed by atoms with Gasteiger partial charge in [0.05, 0.1) is 5.25 Å². The maximum Gasteiger partial charge on any atom is 0.317 e. The van der Waals surface area contributed by atoms with Crippen LogP contribution in [0.1, 0.15) is 46.5 Å². The molecule has 1 saturated carbocycles. The van der Waals surface area contributed by atoms with Crippen LogP contribution in [0.3, 0.4) is 0 Å². The zero-order chi connectivity index (χ0) is 15.1. The summed E-state index contributed by atoms with van der Waals surface area (Å²) in [4.78, 5) is 14.1. The highest BCUT2D eigenvalue weighted by Gasteiger charge is 2.31. The van der Waals surface area contributed by atoms with Crippen LogP contribution in [0.4, 0.5) is 4.79 Å². The van der Waals surface area contributed by atoms with Gasteiger partial charge in [0.2, 0.25) is 0 Å². The highest BCUT2D eigenvalue weighted by atomic mass is 32.2. The molecule has 1 fully saturated rings. The molecule has 1 aliphatic carbocycles. The molecule has 1 N–H and O–H groups in total. The van der Waals surface area contributed by atoms with Crippen molar-refractivity contribution in [3.8, 4) is 0 Å². The lowest BCUT2D eigenvalue weighted by molar-refractivity contribution is 0.197. The topological polar surface area (TPSA) is 49.4 Å². The third kappa shape index (κ3) is 4.93. The third-order valence-corrected chi connectivity index (χ3v) is 5.57. The molecule has 1 aliphatic rings. The lowest BCUT2D eigenvalue weighted by atomic mass is 9.95. The monoisotopic (exact) mass is 300 g/mol. The van der Waals surface area contributed by atoms with Crippen molar-refractivity contribution < 1.29 is 9.00 Å². The van der Waals surface area contributed by atoms with Crippen molar-refractivity contribution in [1.82, 2.24) is 10.2 Å². The van der Waals surface area contributed by atoms with E-state index < -0.39 is 10.8 Å². The molecule has 5 heteroatoms. The van der Waals surface area contributed by atoms with Gasteiger partial charge in [0.15, 0.2) is 0 Å². The van der Waals surface area contributed by atoms with Gasteiger partial charge in [-0.3, -0.25) is 4.21 Å². The predicted molar refractivity (Wildman–Crippen MR) is 85.3 cm³/mol. The second kappa shape index (κ2) is 8.45.